The van der Waals surface area contributed by atoms with Crippen molar-refractivity contribution in [1.82, 2.24) is 4.90 Å². The number of nitrogens with zero attached hydrogens (tertiary/aromatic N) is 1. The number of morpholine rings is 1. The molecule has 0 spiro atoms. The highest BCUT2D eigenvalue weighted by Crippen LogP contribution is 2.22. The van der Waals surface area contributed by atoms with Gasteiger partial charge in [0.05, 0.1) is 18.8 Å². The highest BCUT2D eigenvalue weighted by molar-refractivity contribution is 5.96. The van der Waals surface area contributed by atoms with Gasteiger partial charge in [0.25, 0.3) is 5.91 Å². The summed E-state index contributed by atoms with van der Waals surface area (Å²) in [6.45, 7) is 5.15. The Balaban J connectivity index is 1.90. The molecule has 2 aromatic rings. The standard InChI is InChI=1S/C15H17NO3/c1-10-9-18-11(2)8-16(10)15(17)14-7-12-5-3-4-6-13(12)19-14/h3-7,10-11H,8-9H2,1-2H3. The van der Waals surface area contributed by atoms with Crippen LogP contribution < -0.4 is 0 Å². The fourth-order valence-electron chi connectivity index (χ4n) is 2.42. The number of hydrogen-bond donors (Lipinski definition) is 0. The zero-order valence-corrected chi connectivity index (χ0v) is 11.1. The van der Waals surface area contributed by atoms with E-state index in [1.165, 1.54) is 0 Å². The lowest BCUT2D eigenvalue weighted by Crippen LogP contribution is -2.50. The van der Waals surface area contributed by atoms with Gasteiger partial charge in [0, 0.05) is 11.9 Å². The molecule has 4 heteroatoms. The Hall–Kier alpha value is -1.81. The highest BCUT2D eigenvalue weighted by atomic mass is 16.5. The average molecular weight is 259 g/mol. The van der Waals surface area contributed by atoms with Gasteiger partial charge in [-0.15, -0.1) is 0 Å². The molecule has 1 aromatic carbocycles. The Labute approximate surface area is 111 Å². The lowest BCUT2D eigenvalue weighted by Gasteiger charge is -2.36. The molecule has 1 fully saturated rings. The lowest BCUT2D eigenvalue weighted by molar-refractivity contribution is -0.0395. The number of carbonyl (C=O) groups is 1. The van der Waals surface area contributed by atoms with Crippen LogP contribution in [0.25, 0.3) is 11.0 Å². The molecule has 0 radical (unpaired) electrons. The first-order valence-corrected chi connectivity index (χ1v) is 6.56. The number of fused-ring (bicyclic) bond motifs is 1. The second-order valence-corrected chi connectivity index (χ2v) is 5.10. The van der Waals surface area contributed by atoms with Crippen LogP contribution in [0.4, 0.5) is 0 Å². The normalized spacial score (nSPS) is 23.8. The summed E-state index contributed by atoms with van der Waals surface area (Å²) in [6, 6.07) is 9.55. The summed E-state index contributed by atoms with van der Waals surface area (Å²) in [6.07, 6.45) is 0.0736. The van der Waals surface area contributed by atoms with Crippen molar-refractivity contribution in [3.05, 3.63) is 36.1 Å². The third kappa shape index (κ3) is 2.24. The van der Waals surface area contributed by atoms with Crippen LogP contribution in [0.3, 0.4) is 0 Å². The monoisotopic (exact) mass is 259 g/mol. The van der Waals surface area contributed by atoms with Gasteiger partial charge in [-0.05, 0) is 26.0 Å². The number of amides is 1. The van der Waals surface area contributed by atoms with Crippen LogP contribution >= 0.6 is 0 Å². The molecule has 2 unspecified atom stereocenters. The third-order valence-corrected chi connectivity index (χ3v) is 3.50. The van der Waals surface area contributed by atoms with Crippen molar-refractivity contribution in [3.8, 4) is 0 Å². The number of hydrogen-bond acceptors (Lipinski definition) is 3. The zero-order valence-electron chi connectivity index (χ0n) is 11.1. The van der Waals surface area contributed by atoms with Gasteiger partial charge >= 0.3 is 0 Å². The van der Waals surface area contributed by atoms with Gasteiger partial charge in [-0.25, -0.2) is 0 Å². The van der Waals surface area contributed by atoms with E-state index >= 15 is 0 Å². The van der Waals surface area contributed by atoms with Crippen molar-refractivity contribution in [1.29, 1.82) is 0 Å². The van der Waals surface area contributed by atoms with E-state index in [4.69, 9.17) is 9.15 Å². The van der Waals surface area contributed by atoms with Crippen molar-refractivity contribution >= 4 is 16.9 Å². The van der Waals surface area contributed by atoms with Crippen LogP contribution in [0.1, 0.15) is 24.4 Å². The van der Waals surface area contributed by atoms with E-state index in [1.807, 2.05) is 49.1 Å². The van der Waals surface area contributed by atoms with E-state index in [2.05, 4.69) is 0 Å². The number of ether oxygens (including phenoxy) is 1. The first-order valence-electron chi connectivity index (χ1n) is 6.56. The van der Waals surface area contributed by atoms with E-state index in [0.29, 0.717) is 18.9 Å². The highest BCUT2D eigenvalue weighted by Gasteiger charge is 2.29. The maximum Gasteiger partial charge on any atom is 0.290 e. The Kier molecular flexibility index (Phi) is 3.03. The molecule has 0 aliphatic carbocycles. The molecule has 0 N–H and O–H groups in total. The third-order valence-electron chi connectivity index (χ3n) is 3.50. The Morgan fingerprint density at radius 3 is 2.89 bits per heavy atom. The van der Waals surface area contributed by atoms with Crippen molar-refractivity contribution in [3.63, 3.8) is 0 Å². The molecule has 0 bridgehead atoms. The van der Waals surface area contributed by atoms with Crippen molar-refractivity contribution in [2.24, 2.45) is 0 Å². The lowest BCUT2D eigenvalue weighted by atomic mass is 10.2. The van der Waals surface area contributed by atoms with Crippen molar-refractivity contribution in [2.45, 2.75) is 26.0 Å². The summed E-state index contributed by atoms with van der Waals surface area (Å²) < 4.78 is 11.2. The second kappa shape index (κ2) is 4.70. The van der Waals surface area contributed by atoms with Gasteiger partial charge in [0.2, 0.25) is 0 Å². The van der Waals surface area contributed by atoms with Crippen LogP contribution in [0.5, 0.6) is 0 Å². The molecule has 1 aromatic heterocycles. The molecule has 1 saturated heterocycles. The van der Waals surface area contributed by atoms with E-state index in [9.17, 15) is 4.79 Å². The predicted octanol–water partition coefficient (Wildman–Crippen LogP) is 2.68. The molecule has 2 atom stereocenters. The molecule has 3 rings (SSSR count). The minimum atomic E-state index is -0.0566. The van der Waals surface area contributed by atoms with Gasteiger partial charge in [-0.3, -0.25) is 4.79 Å². The minimum absolute atomic E-state index is 0.0566. The van der Waals surface area contributed by atoms with Crippen LogP contribution in [0, 0.1) is 0 Å². The minimum Gasteiger partial charge on any atom is -0.451 e. The van der Waals surface area contributed by atoms with Gasteiger partial charge in [0.1, 0.15) is 5.58 Å². The van der Waals surface area contributed by atoms with Gasteiger partial charge in [0.15, 0.2) is 5.76 Å². The molecule has 4 nitrogen and oxygen atoms in total. The van der Waals surface area contributed by atoms with E-state index in [1.54, 1.807) is 0 Å². The van der Waals surface area contributed by atoms with E-state index in [-0.39, 0.29) is 18.1 Å². The van der Waals surface area contributed by atoms with Crippen LogP contribution in [-0.2, 0) is 4.74 Å². The summed E-state index contributed by atoms with van der Waals surface area (Å²) in [7, 11) is 0. The SMILES string of the molecule is CC1CN(C(=O)c2cc3ccccc3o2)C(C)CO1. The molecular formula is C15H17NO3. The first-order chi connectivity index (χ1) is 9.15. The quantitative estimate of drug-likeness (QED) is 0.790. The Morgan fingerprint density at radius 2 is 2.11 bits per heavy atom. The maximum atomic E-state index is 12.5. The summed E-state index contributed by atoms with van der Waals surface area (Å²) in [5.41, 5.74) is 0.750. The molecule has 1 amide bonds. The molecule has 1 aliphatic heterocycles. The van der Waals surface area contributed by atoms with E-state index in [0.717, 1.165) is 11.0 Å². The zero-order chi connectivity index (χ0) is 13.4. The number of benzene rings is 1. The van der Waals surface area contributed by atoms with Crippen LogP contribution in [-0.4, -0.2) is 36.1 Å². The number of rotatable bonds is 1. The summed E-state index contributed by atoms with van der Waals surface area (Å²) in [5.74, 6) is 0.348. The van der Waals surface area contributed by atoms with Gasteiger partial charge in [-0.2, -0.15) is 0 Å². The van der Waals surface area contributed by atoms with Crippen LogP contribution in [0.2, 0.25) is 0 Å². The largest absolute Gasteiger partial charge is 0.451 e. The average Bonchev–Trinajstić information content (AvgIpc) is 2.84. The molecule has 100 valence electrons. The first kappa shape index (κ1) is 12.2. The van der Waals surface area contributed by atoms with Gasteiger partial charge in [-0.1, -0.05) is 18.2 Å². The molecule has 19 heavy (non-hydrogen) atoms. The number of para-hydroxylation sites is 1. The predicted molar refractivity (Wildman–Crippen MR) is 72.1 cm³/mol. The summed E-state index contributed by atoms with van der Waals surface area (Å²) >= 11 is 0. The van der Waals surface area contributed by atoms with Crippen molar-refractivity contribution < 1.29 is 13.9 Å². The molecule has 1 aliphatic rings. The fourth-order valence-corrected chi connectivity index (χ4v) is 2.42. The smallest absolute Gasteiger partial charge is 0.290 e. The second-order valence-electron chi connectivity index (χ2n) is 5.10. The number of carbonyl (C=O) groups excluding carboxylic acids is 1. The molecule has 0 saturated carbocycles. The summed E-state index contributed by atoms with van der Waals surface area (Å²) in [4.78, 5) is 14.3. The topological polar surface area (TPSA) is 42.7 Å². The fraction of sp³-hybridized carbons (Fsp3) is 0.400. The Morgan fingerprint density at radius 1 is 1.32 bits per heavy atom. The maximum absolute atomic E-state index is 12.5. The molecule has 2 heterocycles. The summed E-state index contributed by atoms with van der Waals surface area (Å²) in [5, 5.41) is 0.958. The van der Waals surface area contributed by atoms with Crippen LogP contribution in [0.15, 0.2) is 34.7 Å². The van der Waals surface area contributed by atoms with Crippen molar-refractivity contribution in [2.75, 3.05) is 13.2 Å². The Bertz CT molecular complexity index is 571. The molecular weight excluding hydrogens is 242 g/mol. The number of furan rings is 1. The van der Waals surface area contributed by atoms with Gasteiger partial charge < -0.3 is 14.1 Å². The van der Waals surface area contributed by atoms with E-state index < -0.39 is 0 Å².